The number of nitrogens with zero attached hydrogens (tertiary/aromatic N) is 2. The smallest absolute Gasteiger partial charge is 0.222 e. The molecule has 0 N–H and O–H groups in total. The lowest BCUT2D eigenvalue weighted by Crippen LogP contribution is -2.44. The third-order valence-corrected chi connectivity index (χ3v) is 5.79. The van der Waals surface area contributed by atoms with Crippen LogP contribution < -0.4 is 0 Å². The molecule has 0 radical (unpaired) electrons. The van der Waals surface area contributed by atoms with Gasteiger partial charge in [-0.1, -0.05) is 19.1 Å². The number of aryl methyl sites for hydroxylation is 1. The lowest BCUT2D eigenvalue weighted by Gasteiger charge is -2.38. The Morgan fingerprint density at radius 3 is 2.61 bits per heavy atom. The third kappa shape index (κ3) is 3.78. The molecule has 1 amide bonds. The van der Waals surface area contributed by atoms with Crippen LogP contribution >= 0.6 is 11.3 Å². The summed E-state index contributed by atoms with van der Waals surface area (Å²) in [6, 6.07) is 6.39. The topological polar surface area (TPSA) is 33.2 Å². The van der Waals surface area contributed by atoms with Crippen molar-refractivity contribution in [1.29, 1.82) is 0 Å². The van der Waals surface area contributed by atoms with Gasteiger partial charge in [-0.3, -0.25) is 4.79 Å². The first-order valence-electron chi connectivity index (χ1n) is 7.99. The maximum atomic E-state index is 12.9. The minimum absolute atomic E-state index is 0.0991. The lowest BCUT2D eigenvalue weighted by atomic mass is 9.81. The van der Waals surface area contributed by atoms with Crippen LogP contribution in [0.5, 0.6) is 0 Å². The van der Waals surface area contributed by atoms with Gasteiger partial charge in [0.1, 0.15) is 5.82 Å². The van der Waals surface area contributed by atoms with Crippen LogP contribution in [-0.2, 0) is 16.6 Å². The molecule has 0 unspecified atom stereocenters. The van der Waals surface area contributed by atoms with E-state index in [0.29, 0.717) is 12.8 Å². The lowest BCUT2D eigenvalue weighted by molar-refractivity contribution is -0.132. The van der Waals surface area contributed by atoms with Gasteiger partial charge in [-0.15, -0.1) is 11.3 Å². The molecule has 2 heterocycles. The molecule has 0 spiro atoms. The number of halogens is 1. The van der Waals surface area contributed by atoms with Crippen molar-refractivity contribution in [3.8, 4) is 0 Å². The van der Waals surface area contributed by atoms with Crippen LogP contribution in [0.2, 0.25) is 0 Å². The number of likely N-dealkylation sites (tertiary alicyclic amines) is 1. The summed E-state index contributed by atoms with van der Waals surface area (Å²) < 4.78 is 12.9. The molecule has 0 aliphatic carbocycles. The summed E-state index contributed by atoms with van der Waals surface area (Å²) >= 11 is 1.70. The Hall–Kier alpha value is -1.75. The standard InChI is InChI=1S/C18H21FN2OS/c1-18(17-20-10-13-23-17)8-11-21(12-9-18)16(22)7-4-14-2-5-15(19)6-3-14/h2-3,5-6,10,13H,4,7-9,11-12H2,1H3. The fourth-order valence-corrected chi connectivity index (χ4v) is 3.91. The number of benzene rings is 1. The summed E-state index contributed by atoms with van der Waals surface area (Å²) in [5.74, 6) is -0.0481. The monoisotopic (exact) mass is 332 g/mol. The van der Waals surface area contributed by atoms with Crippen LogP contribution in [0.3, 0.4) is 0 Å². The highest BCUT2D eigenvalue weighted by Gasteiger charge is 2.34. The van der Waals surface area contributed by atoms with E-state index in [9.17, 15) is 9.18 Å². The zero-order valence-corrected chi connectivity index (χ0v) is 14.1. The highest BCUT2D eigenvalue weighted by atomic mass is 32.1. The second-order valence-electron chi connectivity index (χ2n) is 6.41. The summed E-state index contributed by atoms with van der Waals surface area (Å²) in [6.45, 7) is 3.82. The first-order valence-corrected chi connectivity index (χ1v) is 8.87. The van der Waals surface area contributed by atoms with Crippen LogP contribution in [0, 0.1) is 5.82 Å². The average molecular weight is 332 g/mol. The molecule has 23 heavy (non-hydrogen) atoms. The fourth-order valence-electron chi connectivity index (χ4n) is 3.05. The van der Waals surface area contributed by atoms with Crippen molar-refractivity contribution in [2.24, 2.45) is 0 Å². The Morgan fingerprint density at radius 1 is 1.30 bits per heavy atom. The van der Waals surface area contributed by atoms with Gasteiger partial charge in [0.2, 0.25) is 5.91 Å². The second-order valence-corrected chi connectivity index (χ2v) is 7.30. The molecule has 1 saturated heterocycles. The molecule has 3 nitrogen and oxygen atoms in total. The Kier molecular flexibility index (Phi) is 4.76. The van der Waals surface area contributed by atoms with Crippen molar-refractivity contribution in [2.75, 3.05) is 13.1 Å². The summed E-state index contributed by atoms with van der Waals surface area (Å²) in [6.07, 6.45) is 4.93. The molecular formula is C18H21FN2OS. The molecule has 1 fully saturated rings. The molecule has 0 bridgehead atoms. The van der Waals surface area contributed by atoms with Gasteiger partial charge < -0.3 is 4.90 Å². The average Bonchev–Trinajstić information content (AvgIpc) is 3.10. The molecule has 1 aromatic heterocycles. The Labute approximate surface area is 140 Å². The molecule has 3 rings (SSSR count). The first-order chi connectivity index (χ1) is 11.1. The summed E-state index contributed by atoms with van der Waals surface area (Å²) in [7, 11) is 0. The quantitative estimate of drug-likeness (QED) is 0.853. The van der Waals surface area contributed by atoms with Crippen LogP contribution in [-0.4, -0.2) is 28.9 Å². The third-order valence-electron chi connectivity index (χ3n) is 4.71. The first kappa shape index (κ1) is 16.1. The molecule has 5 heteroatoms. The summed E-state index contributed by atoms with van der Waals surface area (Å²) in [5.41, 5.74) is 1.10. The number of hydrogen-bond acceptors (Lipinski definition) is 3. The van der Waals surface area contributed by atoms with Gasteiger partial charge in [-0.05, 0) is 37.0 Å². The normalized spacial score (nSPS) is 17.2. The highest BCUT2D eigenvalue weighted by molar-refractivity contribution is 7.09. The van der Waals surface area contributed by atoms with E-state index in [1.54, 1.807) is 23.5 Å². The molecule has 1 aliphatic heterocycles. The van der Waals surface area contributed by atoms with Gasteiger partial charge in [0.15, 0.2) is 0 Å². The van der Waals surface area contributed by atoms with Crippen molar-refractivity contribution in [1.82, 2.24) is 9.88 Å². The van der Waals surface area contributed by atoms with E-state index in [1.165, 1.54) is 17.1 Å². The molecule has 122 valence electrons. The van der Waals surface area contributed by atoms with E-state index in [0.717, 1.165) is 31.5 Å². The van der Waals surface area contributed by atoms with Crippen LogP contribution in [0.1, 0.15) is 36.8 Å². The number of hydrogen-bond donors (Lipinski definition) is 0. The van der Waals surface area contributed by atoms with Crippen LogP contribution in [0.4, 0.5) is 4.39 Å². The largest absolute Gasteiger partial charge is 0.343 e. The SMILES string of the molecule is CC1(c2nccs2)CCN(C(=O)CCc2ccc(F)cc2)CC1. The number of rotatable bonds is 4. The second kappa shape index (κ2) is 6.79. The summed E-state index contributed by atoms with van der Waals surface area (Å²) in [4.78, 5) is 18.8. The van der Waals surface area contributed by atoms with E-state index >= 15 is 0 Å². The minimum Gasteiger partial charge on any atom is -0.343 e. The number of aromatic nitrogens is 1. The molecule has 1 aromatic carbocycles. The summed E-state index contributed by atoms with van der Waals surface area (Å²) in [5, 5.41) is 3.19. The number of carbonyl (C=O) groups excluding carboxylic acids is 1. The zero-order chi connectivity index (χ0) is 16.3. The van der Waals surface area contributed by atoms with Crippen molar-refractivity contribution in [2.45, 2.75) is 38.0 Å². The highest BCUT2D eigenvalue weighted by Crippen LogP contribution is 2.36. The maximum absolute atomic E-state index is 12.9. The van der Waals surface area contributed by atoms with E-state index in [4.69, 9.17) is 0 Å². The predicted molar refractivity (Wildman–Crippen MR) is 90.0 cm³/mol. The van der Waals surface area contributed by atoms with Crippen molar-refractivity contribution in [3.63, 3.8) is 0 Å². The van der Waals surface area contributed by atoms with Crippen molar-refractivity contribution >= 4 is 17.2 Å². The Balaban J connectivity index is 1.51. The van der Waals surface area contributed by atoms with Crippen molar-refractivity contribution < 1.29 is 9.18 Å². The Bertz CT molecular complexity index is 646. The molecular weight excluding hydrogens is 311 g/mol. The molecule has 0 saturated carbocycles. The van der Waals surface area contributed by atoms with Gasteiger partial charge in [0.25, 0.3) is 0 Å². The van der Waals surface area contributed by atoms with E-state index in [-0.39, 0.29) is 17.1 Å². The zero-order valence-electron chi connectivity index (χ0n) is 13.3. The van der Waals surface area contributed by atoms with E-state index in [2.05, 4.69) is 11.9 Å². The van der Waals surface area contributed by atoms with Gasteiger partial charge in [-0.25, -0.2) is 9.37 Å². The molecule has 1 aliphatic rings. The predicted octanol–water partition coefficient (Wildman–Crippen LogP) is 3.80. The van der Waals surface area contributed by atoms with E-state index < -0.39 is 0 Å². The molecule has 0 atom stereocenters. The van der Waals surface area contributed by atoms with Crippen LogP contribution in [0.15, 0.2) is 35.8 Å². The number of thiazole rings is 1. The maximum Gasteiger partial charge on any atom is 0.222 e. The number of piperidine rings is 1. The van der Waals surface area contributed by atoms with Crippen molar-refractivity contribution in [3.05, 3.63) is 52.2 Å². The molecule has 2 aromatic rings. The van der Waals surface area contributed by atoms with Gasteiger partial charge in [0, 0.05) is 36.5 Å². The van der Waals surface area contributed by atoms with Gasteiger partial charge in [-0.2, -0.15) is 0 Å². The van der Waals surface area contributed by atoms with Gasteiger partial charge in [0.05, 0.1) is 5.01 Å². The minimum atomic E-state index is -0.238. The Morgan fingerprint density at radius 2 is 2.00 bits per heavy atom. The van der Waals surface area contributed by atoms with Crippen LogP contribution in [0.25, 0.3) is 0 Å². The van der Waals surface area contributed by atoms with Gasteiger partial charge >= 0.3 is 0 Å². The number of amides is 1. The fraction of sp³-hybridized carbons (Fsp3) is 0.444. The van der Waals surface area contributed by atoms with E-state index in [1.807, 2.05) is 16.5 Å². The number of carbonyl (C=O) groups is 1.